The van der Waals surface area contributed by atoms with Gasteiger partial charge in [0.15, 0.2) is 0 Å². The van der Waals surface area contributed by atoms with Gasteiger partial charge in [-0.3, -0.25) is 4.79 Å². The molecule has 0 radical (unpaired) electrons. The van der Waals surface area contributed by atoms with Gasteiger partial charge in [-0.05, 0) is 30.2 Å². The van der Waals surface area contributed by atoms with E-state index in [-0.39, 0.29) is 17.6 Å². The Balaban J connectivity index is 1.49. The fourth-order valence-electron chi connectivity index (χ4n) is 3.34. The lowest BCUT2D eigenvalue weighted by Gasteiger charge is -2.16. The summed E-state index contributed by atoms with van der Waals surface area (Å²) in [5, 5.41) is 4.28. The van der Waals surface area contributed by atoms with Crippen LogP contribution < -0.4 is 0 Å². The lowest BCUT2D eigenvalue weighted by atomic mass is 9.98. The van der Waals surface area contributed by atoms with Crippen molar-refractivity contribution in [2.75, 3.05) is 13.1 Å². The van der Waals surface area contributed by atoms with Crippen molar-refractivity contribution in [2.24, 2.45) is 0 Å². The average molecular weight is 335 g/mol. The van der Waals surface area contributed by atoms with E-state index < -0.39 is 0 Å². The number of likely N-dealkylation sites (tertiary alicyclic amines) is 1. The van der Waals surface area contributed by atoms with Crippen LogP contribution in [0.1, 0.15) is 28.3 Å². The summed E-state index contributed by atoms with van der Waals surface area (Å²) in [6, 6.07) is 16.5. The smallest absolute Gasteiger partial charge is 0.257 e. The molecule has 4 nitrogen and oxygen atoms in total. The highest BCUT2D eigenvalue weighted by atomic mass is 19.1. The van der Waals surface area contributed by atoms with E-state index in [2.05, 4.69) is 5.10 Å². The molecular formula is C20H18FN3O. The normalized spacial score (nSPS) is 17.0. The predicted octanol–water partition coefficient (Wildman–Crippen LogP) is 3.64. The number of hydrogen-bond acceptors (Lipinski definition) is 2. The van der Waals surface area contributed by atoms with Crippen molar-refractivity contribution in [1.82, 2.24) is 14.7 Å². The van der Waals surface area contributed by atoms with Gasteiger partial charge in [0, 0.05) is 25.2 Å². The van der Waals surface area contributed by atoms with E-state index in [1.54, 1.807) is 34.1 Å². The fourth-order valence-corrected chi connectivity index (χ4v) is 3.34. The number of aromatic nitrogens is 2. The predicted molar refractivity (Wildman–Crippen MR) is 93.2 cm³/mol. The third kappa shape index (κ3) is 3.05. The van der Waals surface area contributed by atoms with Crippen molar-refractivity contribution in [3.8, 4) is 5.69 Å². The van der Waals surface area contributed by atoms with Crippen LogP contribution in [0.3, 0.4) is 0 Å². The molecule has 4 rings (SSSR count). The number of amides is 1. The van der Waals surface area contributed by atoms with Crippen LogP contribution in [-0.2, 0) is 0 Å². The third-order valence-corrected chi connectivity index (χ3v) is 4.67. The number of rotatable bonds is 3. The van der Waals surface area contributed by atoms with Gasteiger partial charge < -0.3 is 4.90 Å². The number of hydrogen-bond donors (Lipinski definition) is 0. The van der Waals surface area contributed by atoms with Crippen LogP contribution in [0.25, 0.3) is 5.69 Å². The number of nitrogens with zero attached hydrogens (tertiary/aromatic N) is 3. The summed E-state index contributed by atoms with van der Waals surface area (Å²) in [5.41, 5.74) is 2.16. The van der Waals surface area contributed by atoms with Gasteiger partial charge in [-0.25, -0.2) is 9.07 Å². The largest absolute Gasteiger partial charge is 0.338 e. The molecule has 0 bridgehead atoms. The Labute approximate surface area is 145 Å². The van der Waals surface area contributed by atoms with E-state index in [4.69, 9.17) is 0 Å². The molecule has 5 heteroatoms. The molecule has 0 saturated carbocycles. The zero-order valence-corrected chi connectivity index (χ0v) is 13.7. The molecule has 1 fully saturated rings. The molecular weight excluding hydrogens is 317 g/mol. The fraction of sp³-hybridized carbons (Fsp3) is 0.200. The van der Waals surface area contributed by atoms with Crippen molar-refractivity contribution < 1.29 is 9.18 Å². The minimum Gasteiger partial charge on any atom is -0.338 e. The van der Waals surface area contributed by atoms with E-state index in [9.17, 15) is 9.18 Å². The molecule has 1 aliphatic heterocycles. The van der Waals surface area contributed by atoms with Gasteiger partial charge in [0.1, 0.15) is 5.82 Å². The molecule has 1 amide bonds. The molecule has 1 aliphatic rings. The first-order valence-corrected chi connectivity index (χ1v) is 8.36. The first-order chi connectivity index (χ1) is 12.2. The van der Waals surface area contributed by atoms with Gasteiger partial charge in [0.05, 0.1) is 17.4 Å². The third-order valence-electron chi connectivity index (χ3n) is 4.67. The minimum atomic E-state index is -0.196. The molecule has 0 spiro atoms. The second-order valence-corrected chi connectivity index (χ2v) is 6.27. The maximum Gasteiger partial charge on any atom is 0.257 e. The number of carbonyl (C=O) groups is 1. The van der Waals surface area contributed by atoms with E-state index >= 15 is 0 Å². The molecule has 0 aliphatic carbocycles. The second-order valence-electron chi connectivity index (χ2n) is 6.27. The van der Waals surface area contributed by atoms with Crippen LogP contribution in [0.4, 0.5) is 4.39 Å². The van der Waals surface area contributed by atoms with Crippen molar-refractivity contribution >= 4 is 5.91 Å². The van der Waals surface area contributed by atoms with Gasteiger partial charge in [-0.1, -0.05) is 36.4 Å². The van der Waals surface area contributed by atoms with Crippen molar-refractivity contribution in [3.05, 3.63) is 83.9 Å². The Bertz CT molecular complexity index is 891. The number of para-hydroxylation sites is 1. The van der Waals surface area contributed by atoms with Gasteiger partial charge in [-0.15, -0.1) is 0 Å². The Morgan fingerprint density at radius 3 is 2.64 bits per heavy atom. The molecule has 0 unspecified atom stereocenters. The first kappa shape index (κ1) is 15.6. The average Bonchev–Trinajstić information content (AvgIpc) is 3.32. The highest BCUT2D eigenvalue weighted by molar-refractivity contribution is 5.94. The molecule has 2 heterocycles. The molecule has 3 aromatic rings. The van der Waals surface area contributed by atoms with Crippen LogP contribution in [0.15, 0.2) is 67.0 Å². The van der Waals surface area contributed by atoms with Gasteiger partial charge in [0.2, 0.25) is 0 Å². The standard InChI is InChI=1S/C20H18FN3O/c21-19-9-5-4-8-18(19)15-10-11-23(13-15)20(25)16-12-22-24(14-16)17-6-2-1-3-7-17/h1-9,12,14-15H,10-11,13H2/t15-/m0/s1. The monoisotopic (exact) mass is 335 g/mol. The summed E-state index contributed by atoms with van der Waals surface area (Å²) in [4.78, 5) is 14.5. The van der Waals surface area contributed by atoms with Crippen LogP contribution in [-0.4, -0.2) is 33.7 Å². The van der Waals surface area contributed by atoms with Crippen molar-refractivity contribution in [2.45, 2.75) is 12.3 Å². The summed E-state index contributed by atoms with van der Waals surface area (Å²) >= 11 is 0. The molecule has 25 heavy (non-hydrogen) atoms. The molecule has 1 atom stereocenters. The zero-order valence-electron chi connectivity index (χ0n) is 13.7. The van der Waals surface area contributed by atoms with Crippen LogP contribution >= 0.6 is 0 Å². The Kier molecular flexibility index (Phi) is 4.06. The van der Waals surface area contributed by atoms with Crippen LogP contribution in [0.2, 0.25) is 0 Å². The van der Waals surface area contributed by atoms with Gasteiger partial charge >= 0.3 is 0 Å². The molecule has 2 aromatic carbocycles. The zero-order chi connectivity index (χ0) is 17.2. The Morgan fingerprint density at radius 2 is 1.84 bits per heavy atom. The number of halogens is 1. The van der Waals surface area contributed by atoms with E-state index in [1.165, 1.54) is 6.07 Å². The summed E-state index contributed by atoms with van der Waals surface area (Å²) in [6.07, 6.45) is 4.11. The highest BCUT2D eigenvalue weighted by Crippen LogP contribution is 2.29. The lowest BCUT2D eigenvalue weighted by Crippen LogP contribution is -2.28. The van der Waals surface area contributed by atoms with Crippen molar-refractivity contribution in [1.29, 1.82) is 0 Å². The summed E-state index contributed by atoms with van der Waals surface area (Å²) in [7, 11) is 0. The maximum absolute atomic E-state index is 14.0. The molecule has 126 valence electrons. The topological polar surface area (TPSA) is 38.1 Å². The molecule has 1 saturated heterocycles. The number of carbonyl (C=O) groups excluding carboxylic acids is 1. The maximum atomic E-state index is 14.0. The van der Waals surface area contributed by atoms with Crippen LogP contribution in [0.5, 0.6) is 0 Å². The lowest BCUT2D eigenvalue weighted by molar-refractivity contribution is 0.0790. The quantitative estimate of drug-likeness (QED) is 0.733. The SMILES string of the molecule is O=C(c1cnn(-c2ccccc2)c1)N1CC[C@H](c2ccccc2F)C1. The minimum absolute atomic E-state index is 0.0503. The van der Waals surface area contributed by atoms with E-state index in [0.717, 1.165) is 12.1 Å². The highest BCUT2D eigenvalue weighted by Gasteiger charge is 2.29. The van der Waals surface area contributed by atoms with Crippen LogP contribution in [0, 0.1) is 5.82 Å². The summed E-state index contributed by atoms with van der Waals surface area (Å²) in [6.45, 7) is 1.17. The number of benzene rings is 2. The Morgan fingerprint density at radius 1 is 1.08 bits per heavy atom. The van der Waals surface area contributed by atoms with E-state index in [0.29, 0.717) is 24.2 Å². The molecule has 1 aromatic heterocycles. The first-order valence-electron chi connectivity index (χ1n) is 8.36. The van der Waals surface area contributed by atoms with Gasteiger partial charge in [0.25, 0.3) is 5.91 Å². The second kappa shape index (κ2) is 6.51. The molecule has 0 N–H and O–H groups in total. The van der Waals surface area contributed by atoms with Gasteiger partial charge in [-0.2, -0.15) is 5.10 Å². The Hall–Kier alpha value is -2.95. The summed E-state index contributed by atoms with van der Waals surface area (Å²) in [5.74, 6) is -0.200. The summed E-state index contributed by atoms with van der Waals surface area (Å²) < 4.78 is 15.7. The van der Waals surface area contributed by atoms with Crippen molar-refractivity contribution in [3.63, 3.8) is 0 Å². The van der Waals surface area contributed by atoms with E-state index in [1.807, 2.05) is 36.4 Å².